The van der Waals surface area contributed by atoms with Crippen LogP contribution in [-0.4, -0.2) is 46.2 Å². The highest BCUT2D eigenvalue weighted by molar-refractivity contribution is 5.61. The second-order valence-electron chi connectivity index (χ2n) is 4.98. The largest absolute Gasteiger partial charge is 0.378 e. The Labute approximate surface area is 122 Å². The summed E-state index contributed by atoms with van der Waals surface area (Å²) in [5, 5.41) is 0. The van der Waals surface area contributed by atoms with Gasteiger partial charge in [-0.05, 0) is 13.8 Å². The Bertz CT molecular complexity index is 707. The quantitative estimate of drug-likeness (QED) is 0.874. The maximum atomic E-state index is 11.6. The number of aromatic nitrogens is 4. The molecule has 1 fully saturated rings. The average molecular weight is 287 g/mol. The molecule has 1 N–H and O–H groups in total. The molecule has 1 aliphatic rings. The lowest BCUT2D eigenvalue weighted by Crippen LogP contribution is -2.37. The highest BCUT2D eigenvalue weighted by Gasteiger charge is 2.15. The van der Waals surface area contributed by atoms with Gasteiger partial charge in [-0.3, -0.25) is 4.79 Å². The Morgan fingerprint density at radius 1 is 1.24 bits per heavy atom. The molecule has 3 heterocycles. The second-order valence-corrected chi connectivity index (χ2v) is 4.98. The predicted molar refractivity (Wildman–Crippen MR) is 78.4 cm³/mol. The number of hydrogen-bond acceptors (Lipinski definition) is 6. The van der Waals surface area contributed by atoms with Crippen molar-refractivity contribution >= 4 is 5.95 Å². The van der Waals surface area contributed by atoms with Gasteiger partial charge in [-0.1, -0.05) is 0 Å². The smallest absolute Gasteiger partial charge is 0.251 e. The van der Waals surface area contributed by atoms with Crippen molar-refractivity contribution in [3.8, 4) is 11.3 Å². The summed E-state index contributed by atoms with van der Waals surface area (Å²) in [5.74, 6) is 1.27. The molecule has 0 atom stereocenters. The van der Waals surface area contributed by atoms with Crippen molar-refractivity contribution in [3.63, 3.8) is 0 Å². The molecule has 0 aliphatic carbocycles. The van der Waals surface area contributed by atoms with Crippen LogP contribution in [-0.2, 0) is 4.74 Å². The summed E-state index contributed by atoms with van der Waals surface area (Å²) in [6, 6.07) is 1.47. The molecule has 2 aromatic rings. The van der Waals surface area contributed by atoms with Gasteiger partial charge in [0.25, 0.3) is 5.56 Å². The van der Waals surface area contributed by atoms with Crippen molar-refractivity contribution in [3.05, 3.63) is 34.1 Å². The first-order chi connectivity index (χ1) is 10.1. The normalized spacial score (nSPS) is 15.2. The van der Waals surface area contributed by atoms with Gasteiger partial charge in [0.1, 0.15) is 5.82 Å². The number of aryl methyl sites for hydroxylation is 2. The van der Waals surface area contributed by atoms with E-state index < -0.39 is 0 Å². The van der Waals surface area contributed by atoms with Crippen LogP contribution in [0.3, 0.4) is 0 Å². The van der Waals surface area contributed by atoms with E-state index in [1.165, 1.54) is 6.07 Å². The number of rotatable bonds is 2. The van der Waals surface area contributed by atoms with Crippen LogP contribution in [0.2, 0.25) is 0 Å². The number of aromatic amines is 1. The Morgan fingerprint density at radius 3 is 2.67 bits per heavy atom. The fourth-order valence-corrected chi connectivity index (χ4v) is 2.34. The van der Waals surface area contributed by atoms with Crippen LogP contribution in [0.15, 0.2) is 17.1 Å². The van der Waals surface area contributed by atoms with Gasteiger partial charge in [0.05, 0.1) is 24.6 Å². The Balaban J connectivity index is 1.95. The molecule has 0 aromatic carbocycles. The molecule has 7 heteroatoms. The zero-order chi connectivity index (χ0) is 14.8. The van der Waals surface area contributed by atoms with Gasteiger partial charge in [-0.25, -0.2) is 15.0 Å². The fraction of sp³-hybridized carbons (Fsp3) is 0.429. The lowest BCUT2D eigenvalue weighted by atomic mass is 10.1. The van der Waals surface area contributed by atoms with Gasteiger partial charge in [0.15, 0.2) is 0 Å². The van der Waals surface area contributed by atoms with Gasteiger partial charge < -0.3 is 14.6 Å². The van der Waals surface area contributed by atoms with Crippen molar-refractivity contribution in [2.45, 2.75) is 13.8 Å². The monoisotopic (exact) mass is 287 g/mol. The summed E-state index contributed by atoms with van der Waals surface area (Å²) >= 11 is 0. The van der Waals surface area contributed by atoms with Gasteiger partial charge in [0.2, 0.25) is 5.95 Å². The molecule has 0 spiro atoms. The van der Waals surface area contributed by atoms with E-state index in [0.29, 0.717) is 30.7 Å². The van der Waals surface area contributed by atoms with E-state index in [-0.39, 0.29) is 5.56 Å². The fourth-order valence-electron chi connectivity index (χ4n) is 2.34. The van der Waals surface area contributed by atoms with Crippen molar-refractivity contribution in [1.29, 1.82) is 0 Å². The molecule has 0 saturated carbocycles. The summed E-state index contributed by atoms with van der Waals surface area (Å²) in [6.45, 7) is 6.63. The minimum absolute atomic E-state index is 0.172. The molecule has 21 heavy (non-hydrogen) atoms. The zero-order valence-corrected chi connectivity index (χ0v) is 12.1. The van der Waals surface area contributed by atoms with Crippen LogP contribution in [0.25, 0.3) is 11.3 Å². The molecule has 2 aromatic heterocycles. The molecule has 0 radical (unpaired) electrons. The van der Waals surface area contributed by atoms with Gasteiger partial charge in [-0.2, -0.15) is 0 Å². The molecule has 0 bridgehead atoms. The molecule has 110 valence electrons. The number of hydrogen-bond donors (Lipinski definition) is 1. The number of morpholine rings is 1. The van der Waals surface area contributed by atoms with E-state index in [0.717, 1.165) is 24.3 Å². The van der Waals surface area contributed by atoms with Crippen molar-refractivity contribution < 1.29 is 4.74 Å². The Kier molecular flexibility index (Phi) is 3.66. The van der Waals surface area contributed by atoms with E-state index in [9.17, 15) is 4.79 Å². The first-order valence-electron chi connectivity index (χ1n) is 6.88. The molecule has 0 amide bonds. The van der Waals surface area contributed by atoms with E-state index >= 15 is 0 Å². The van der Waals surface area contributed by atoms with E-state index in [4.69, 9.17) is 4.74 Å². The second kappa shape index (κ2) is 5.61. The van der Waals surface area contributed by atoms with Crippen LogP contribution >= 0.6 is 0 Å². The number of H-pyrrole nitrogens is 1. The van der Waals surface area contributed by atoms with Gasteiger partial charge in [-0.15, -0.1) is 0 Å². The SMILES string of the molecule is Cc1nc(-c2cnc(N3CCOCC3)nc2C)cc(=O)[nH]1. The molecule has 1 saturated heterocycles. The average Bonchev–Trinajstić information content (AvgIpc) is 2.47. The molecule has 1 aliphatic heterocycles. The predicted octanol–water partition coefficient (Wildman–Crippen LogP) is 0.680. The molecule has 7 nitrogen and oxygen atoms in total. The summed E-state index contributed by atoms with van der Waals surface area (Å²) in [4.78, 5) is 29.6. The Hall–Kier alpha value is -2.28. The third kappa shape index (κ3) is 2.92. The lowest BCUT2D eigenvalue weighted by Gasteiger charge is -2.27. The number of nitrogens with one attached hydrogen (secondary N) is 1. The van der Waals surface area contributed by atoms with E-state index in [1.807, 2.05) is 6.92 Å². The first kappa shape index (κ1) is 13.7. The van der Waals surface area contributed by atoms with Gasteiger partial charge in [0, 0.05) is 30.9 Å². The van der Waals surface area contributed by atoms with Crippen molar-refractivity contribution in [2.24, 2.45) is 0 Å². The first-order valence-corrected chi connectivity index (χ1v) is 6.88. The third-order valence-corrected chi connectivity index (χ3v) is 3.40. The maximum absolute atomic E-state index is 11.6. The molecular weight excluding hydrogens is 270 g/mol. The van der Waals surface area contributed by atoms with Crippen LogP contribution in [0.1, 0.15) is 11.5 Å². The summed E-state index contributed by atoms with van der Waals surface area (Å²) < 4.78 is 5.33. The number of anilines is 1. The third-order valence-electron chi connectivity index (χ3n) is 3.40. The maximum Gasteiger partial charge on any atom is 0.251 e. The van der Waals surface area contributed by atoms with Crippen molar-refractivity contribution in [2.75, 3.05) is 31.2 Å². The topological polar surface area (TPSA) is 84.0 Å². The highest BCUT2D eigenvalue weighted by atomic mass is 16.5. The minimum Gasteiger partial charge on any atom is -0.378 e. The highest BCUT2D eigenvalue weighted by Crippen LogP contribution is 2.20. The zero-order valence-electron chi connectivity index (χ0n) is 12.1. The number of ether oxygens (including phenoxy) is 1. The molecular formula is C14H17N5O2. The molecule has 0 unspecified atom stereocenters. The van der Waals surface area contributed by atoms with Gasteiger partial charge >= 0.3 is 0 Å². The van der Waals surface area contributed by atoms with Crippen LogP contribution in [0, 0.1) is 13.8 Å². The summed E-state index contributed by atoms with van der Waals surface area (Å²) in [5.41, 5.74) is 2.02. The summed E-state index contributed by atoms with van der Waals surface area (Å²) in [7, 11) is 0. The van der Waals surface area contributed by atoms with E-state index in [1.54, 1.807) is 13.1 Å². The minimum atomic E-state index is -0.172. The van der Waals surface area contributed by atoms with Crippen LogP contribution in [0.5, 0.6) is 0 Å². The van der Waals surface area contributed by atoms with E-state index in [2.05, 4.69) is 24.8 Å². The van der Waals surface area contributed by atoms with Crippen molar-refractivity contribution in [1.82, 2.24) is 19.9 Å². The lowest BCUT2D eigenvalue weighted by molar-refractivity contribution is 0.122. The Morgan fingerprint density at radius 2 is 2.00 bits per heavy atom. The van der Waals surface area contributed by atoms with Crippen LogP contribution in [0.4, 0.5) is 5.95 Å². The van der Waals surface area contributed by atoms with Crippen LogP contribution < -0.4 is 10.5 Å². The molecule has 3 rings (SSSR count). The number of nitrogens with zero attached hydrogens (tertiary/aromatic N) is 4. The standard InChI is InChI=1S/C14H17N5O2/c1-9-11(12-7-13(20)18-10(2)17-12)8-15-14(16-9)19-3-5-21-6-4-19/h7-8H,3-6H2,1-2H3,(H,17,18,20). The summed E-state index contributed by atoms with van der Waals surface area (Å²) in [6.07, 6.45) is 1.73.